The van der Waals surface area contributed by atoms with E-state index in [0.29, 0.717) is 11.6 Å². The Balaban J connectivity index is 2.11. The molecule has 0 saturated heterocycles. The van der Waals surface area contributed by atoms with Crippen LogP contribution in [-0.2, 0) is 6.54 Å². The molecule has 1 N–H and O–H groups in total. The average molecular weight is 302 g/mol. The van der Waals surface area contributed by atoms with Crippen molar-refractivity contribution in [2.75, 3.05) is 0 Å². The lowest BCUT2D eigenvalue weighted by Crippen LogP contribution is -2.08. The Kier molecular flexibility index (Phi) is 3.63. The number of aliphatic hydroxyl groups excluding tert-OH is 1. The van der Waals surface area contributed by atoms with Crippen LogP contribution in [-0.4, -0.2) is 14.9 Å². The van der Waals surface area contributed by atoms with E-state index in [2.05, 4.69) is 21.0 Å². The minimum Gasteiger partial charge on any atom is -0.386 e. The summed E-state index contributed by atoms with van der Waals surface area (Å²) in [5.41, 5.74) is 0.791. The normalized spacial score (nSPS) is 12.7. The Morgan fingerprint density at radius 2 is 2.31 bits per heavy atom. The molecule has 1 aromatic heterocycles. The molecule has 0 saturated carbocycles. The number of nitrogens with zero attached hydrogens (tertiary/aromatic N) is 2. The van der Waals surface area contributed by atoms with Crippen LogP contribution in [0.4, 0.5) is 0 Å². The SMILES string of the molecule is O[C@H](Cn1cc(Br)cn1)c1cccc(Cl)c1. The number of benzene rings is 1. The van der Waals surface area contributed by atoms with E-state index >= 15 is 0 Å². The Morgan fingerprint density at radius 3 is 2.94 bits per heavy atom. The molecule has 1 aromatic carbocycles. The Morgan fingerprint density at radius 1 is 1.50 bits per heavy atom. The zero-order chi connectivity index (χ0) is 11.5. The molecule has 1 heterocycles. The van der Waals surface area contributed by atoms with Crippen molar-refractivity contribution in [1.82, 2.24) is 9.78 Å². The monoisotopic (exact) mass is 300 g/mol. The van der Waals surface area contributed by atoms with Gasteiger partial charge in [-0.15, -0.1) is 0 Å². The molecule has 0 radical (unpaired) electrons. The fourth-order valence-electron chi connectivity index (χ4n) is 1.43. The van der Waals surface area contributed by atoms with Gasteiger partial charge in [0.05, 0.1) is 23.3 Å². The summed E-state index contributed by atoms with van der Waals surface area (Å²) in [5.74, 6) is 0. The van der Waals surface area contributed by atoms with Crippen molar-refractivity contribution in [3.05, 3.63) is 51.7 Å². The van der Waals surface area contributed by atoms with Crippen LogP contribution >= 0.6 is 27.5 Å². The topological polar surface area (TPSA) is 38.0 Å². The molecule has 0 bridgehead atoms. The third-order valence-corrected chi connectivity index (χ3v) is 2.84. The molecule has 0 amide bonds. The van der Waals surface area contributed by atoms with Crippen LogP contribution in [0.15, 0.2) is 41.1 Å². The Labute approximate surface area is 107 Å². The van der Waals surface area contributed by atoms with E-state index in [-0.39, 0.29) is 0 Å². The van der Waals surface area contributed by atoms with Gasteiger partial charge in [0.2, 0.25) is 0 Å². The summed E-state index contributed by atoms with van der Waals surface area (Å²) in [6.45, 7) is 0.409. The van der Waals surface area contributed by atoms with Gasteiger partial charge in [0.25, 0.3) is 0 Å². The fourth-order valence-corrected chi connectivity index (χ4v) is 1.96. The first kappa shape index (κ1) is 11.6. The number of aliphatic hydroxyl groups is 1. The van der Waals surface area contributed by atoms with Gasteiger partial charge in [-0.2, -0.15) is 5.10 Å². The van der Waals surface area contributed by atoms with E-state index in [9.17, 15) is 5.11 Å². The zero-order valence-electron chi connectivity index (χ0n) is 8.35. The van der Waals surface area contributed by atoms with Crippen molar-refractivity contribution in [1.29, 1.82) is 0 Å². The second-order valence-corrected chi connectivity index (χ2v) is 4.80. The highest BCUT2D eigenvalue weighted by atomic mass is 79.9. The molecule has 0 aliphatic heterocycles. The fraction of sp³-hybridized carbons (Fsp3) is 0.182. The highest BCUT2D eigenvalue weighted by molar-refractivity contribution is 9.10. The second kappa shape index (κ2) is 4.99. The number of rotatable bonds is 3. The van der Waals surface area contributed by atoms with Crippen molar-refractivity contribution < 1.29 is 5.11 Å². The van der Waals surface area contributed by atoms with Crippen LogP contribution in [0.1, 0.15) is 11.7 Å². The molecule has 0 fully saturated rings. The van der Waals surface area contributed by atoms with E-state index in [1.54, 1.807) is 23.0 Å². The second-order valence-electron chi connectivity index (χ2n) is 3.45. The maximum absolute atomic E-state index is 9.97. The first-order valence-electron chi connectivity index (χ1n) is 4.76. The first-order valence-corrected chi connectivity index (χ1v) is 5.94. The van der Waals surface area contributed by atoms with E-state index in [1.165, 1.54) is 0 Å². The third-order valence-electron chi connectivity index (χ3n) is 2.20. The van der Waals surface area contributed by atoms with Crippen LogP contribution in [0.2, 0.25) is 5.02 Å². The molecule has 1 atom stereocenters. The molecule has 3 nitrogen and oxygen atoms in total. The van der Waals surface area contributed by atoms with Crippen molar-refractivity contribution in [2.45, 2.75) is 12.6 Å². The summed E-state index contributed by atoms with van der Waals surface area (Å²) < 4.78 is 2.57. The van der Waals surface area contributed by atoms with Gasteiger partial charge in [0.1, 0.15) is 0 Å². The first-order chi connectivity index (χ1) is 7.65. The standard InChI is InChI=1S/C11H10BrClN2O/c12-9-5-14-15(6-9)7-11(16)8-2-1-3-10(13)4-8/h1-6,11,16H,7H2/t11-/m1/s1. The summed E-state index contributed by atoms with van der Waals surface area (Å²) in [7, 11) is 0. The molecule has 0 unspecified atom stereocenters. The largest absolute Gasteiger partial charge is 0.386 e. The number of hydrogen-bond donors (Lipinski definition) is 1. The van der Waals surface area contributed by atoms with Gasteiger partial charge in [-0.1, -0.05) is 23.7 Å². The number of halogens is 2. The molecule has 2 rings (SSSR count). The highest BCUT2D eigenvalue weighted by Crippen LogP contribution is 2.19. The molecule has 16 heavy (non-hydrogen) atoms. The van der Waals surface area contributed by atoms with E-state index in [4.69, 9.17) is 11.6 Å². The van der Waals surface area contributed by atoms with Gasteiger partial charge in [-0.3, -0.25) is 4.68 Å². The van der Waals surface area contributed by atoms with Crippen LogP contribution in [0.3, 0.4) is 0 Å². The van der Waals surface area contributed by atoms with E-state index in [0.717, 1.165) is 10.0 Å². The molecular weight excluding hydrogens is 291 g/mol. The zero-order valence-corrected chi connectivity index (χ0v) is 10.7. The molecule has 0 aliphatic carbocycles. The van der Waals surface area contributed by atoms with Gasteiger partial charge in [0.15, 0.2) is 0 Å². The lowest BCUT2D eigenvalue weighted by molar-refractivity contribution is 0.151. The predicted molar refractivity (Wildman–Crippen MR) is 66.3 cm³/mol. The van der Waals surface area contributed by atoms with E-state index < -0.39 is 6.10 Å². The van der Waals surface area contributed by atoms with Crippen molar-refractivity contribution in [2.24, 2.45) is 0 Å². The lowest BCUT2D eigenvalue weighted by atomic mass is 10.1. The molecule has 0 aliphatic rings. The van der Waals surface area contributed by atoms with E-state index in [1.807, 2.05) is 18.3 Å². The molecule has 84 valence electrons. The third kappa shape index (κ3) is 2.84. The summed E-state index contributed by atoms with van der Waals surface area (Å²) in [6, 6.07) is 7.20. The van der Waals surface area contributed by atoms with Gasteiger partial charge < -0.3 is 5.11 Å². The van der Waals surface area contributed by atoms with Crippen molar-refractivity contribution in [3.63, 3.8) is 0 Å². The Bertz CT molecular complexity index is 486. The predicted octanol–water partition coefficient (Wildman–Crippen LogP) is 3.03. The van der Waals surface area contributed by atoms with Crippen LogP contribution in [0.5, 0.6) is 0 Å². The maximum Gasteiger partial charge on any atom is 0.0986 e. The quantitative estimate of drug-likeness (QED) is 0.946. The van der Waals surface area contributed by atoms with Gasteiger partial charge in [-0.05, 0) is 33.6 Å². The molecule has 5 heteroatoms. The van der Waals surface area contributed by atoms with Gasteiger partial charge in [-0.25, -0.2) is 0 Å². The average Bonchev–Trinajstić information content (AvgIpc) is 2.64. The number of hydrogen-bond acceptors (Lipinski definition) is 2. The minimum absolute atomic E-state index is 0.409. The Hall–Kier alpha value is -0.840. The van der Waals surface area contributed by atoms with Crippen LogP contribution in [0.25, 0.3) is 0 Å². The summed E-state index contributed by atoms with van der Waals surface area (Å²) in [5, 5.41) is 14.7. The molecule has 2 aromatic rings. The molecule has 0 spiro atoms. The van der Waals surface area contributed by atoms with Crippen LogP contribution < -0.4 is 0 Å². The van der Waals surface area contributed by atoms with Crippen molar-refractivity contribution >= 4 is 27.5 Å². The highest BCUT2D eigenvalue weighted by Gasteiger charge is 2.09. The van der Waals surface area contributed by atoms with Crippen LogP contribution in [0, 0.1) is 0 Å². The maximum atomic E-state index is 9.97. The summed E-state index contributed by atoms with van der Waals surface area (Å²) in [4.78, 5) is 0. The smallest absolute Gasteiger partial charge is 0.0986 e. The number of aromatic nitrogens is 2. The summed E-state index contributed by atoms with van der Waals surface area (Å²) >= 11 is 9.16. The molecular formula is C11H10BrClN2O. The van der Waals surface area contributed by atoms with Gasteiger partial charge in [0, 0.05) is 11.2 Å². The summed E-state index contributed by atoms with van der Waals surface area (Å²) in [6.07, 6.45) is 2.89. The van der Waals surface area contributed by atoms with Crippen molar-refractivity contribution in [3.8, 4) is 0 Å². The minimum atomic E-state index is -0.606. The van der Waals surface area contributed by atoms with Gasteiger partial charge >= 0.3 is 0 Å². The lowest BCUT2D eigenvalue weighted by Gasteiger charge is -2.11.